The lowest BCUT2D eigenvalue weighted by Gasteiger charge is -2.28. The molecule has 1 aliphatic heterocycles. The first-order valence-corrected chi connectivity index (χ1v) is 7.30. The summed E-state index contributed by atoms with van der Waals surface area (Å²) in [5.41, 5.74) is 2.50. The quantitative estimate of drug-likeness (QED) is 0.835. The second-order valence-electron chi connectivity index (χ2n) is 4.59. The van der Waals surface area contributed by atoms with Crippen LogP contribution in [0.1, 0.15) is 17.5 Å². The summed E-state index contributed by atoms with van der Waals surface area (Å²) in [5.74, 6) is 0.0600. The van der Waals surface area contributed by atoms with Crippen molar-refractivity contribution in [2.24, 2.45) is 0 Å². The summed E-state index contributed by atoms with van der Waals surface area (Å²) < 4.78 is 24.3. The van der Waals surface area contributed by atoms with Crippen molar-refractivity contribution in [3.63, 3.8) is 0 Å². The molecule has 1 heterocycles. The molecule has 1 atom stereocenters. The molecular weight excluding hydrogens is 238 g/mol. The largest absolute Gasteiger partial charge is 0.396 e. The molecule has 0 radical (unpaired) electrons. The average molecular weight is 255 g/mol. The first kappa shape index (κ1) is 12.4. The molecule has 1 aromatic carbocycles. The molecule has 1 aliphatic rings. The first-order valence-electron chi connectivity index (χ1n) is 5.65. The zero-order valence-electron chi connectivity index (χ0n) is 10.0. The minimum atomic E-state index is -3.23. The van der Waals surface area contributed by atoms with Gasteiger partial charge >= 0.3 is 0 Å². The van der Waals surface area contributed by atoms with Crippen molar-refractivity contribution in [1.29, 1.82) is 0 Å². The maximum absolute atomic E-state index is 12.2. The Morgan fingerprint density at radius 3 is 2.76 bits per heavy atom. The predicted molar refractivity (Wildman–Crippen MR) is 67.1 cm³/mol. The van der Waals surface area contributed by atoms with Crippen LogP contribution in [0.5, 0.6) is 0 Å². The van der Waals surface area contributed by atoms with E-state index in [4.69, 9.17) is 5.11 Å². The molecule has 0 saturated heterocycles. The van der Waals surface area contributed by atoms with E-state index >= 15 is 0 Å². The zero-order chi connectivity index (χ0) is 12.6. The molecule has 2 N–H and O–H groups in total. The van der Waals surface area contributed by atoms with Gasteiger partial charge in [0.15, 0.2) is 9.84 Å². The van der Waals surface area contributed by atoms with Crippen molar-refractivity contribution in [2.75, 3.05) is 17.7 Å². The molecule has 0 bridgehead atoms. The van der Waals surface area contributed by atoms with Gasteiger partial charge in [-0.05, 0) is 37.5 Å². The van der Waals surface area contributed by atoms with Crippen LogP contribution >= 0.6 is 0 Å². The van der Waals surface area contributed by atoms with Crippen molar-refractivity contribution < 1.29 is 13.5 Å². The Morgan fingerprint density at radius 1 is 1.41 bits per heavy atom. The fourth-order valence-electron chi connectivity index (χ4n) is 2.40. The van der Waals surface area contributed by atoms with Gasteiger partial charge in [-0.2, -0.15) is 0 Å². The lowest BCUT2D eigenvalue weighted by molar-refractivity contribution is 0.282. The van der Waals surface area contributed by atoms with E-state index in [1.54, 1.807) is 0 Å². The fraction of sp³-hybridized carbons (Fsp3) is 0.500. The van der Waals surface area contributed by atoms with Crippen LogP contribution in [-0.2, 0) is 9.84 Å². The van der Waals surface area contributed by atoms with Crippen molar-refractivity contribution >= 4 is 15.5 Å². The molecular formula is C12H17NO3S. The SMILES string of the molecule is Cc1cc(C)c2c(c1)NC(CCO)CS2(=O)=O. The van der Waals surface area contributed by atoms with Gasteiger partial charge in [-0.1, -0.05) is 6.07 Å². The smallest absolute Gasteiger partial charge is 0.182 e. The van der Waals surface area contributed by atoms with Crippen LogP contribution < -0.4 is 5.32 Å². The molecule has 0 aliphatic carbocycles. The standard InChI is InChI=1S/C12H17NO3S/c1-8-5-9(2)12-11(6-8)13-10(3-4-14)7-17(12,15)16/h5-6,10,13-14H,3-4,7H2,1-2H3. The van der Waals surface area contributed by atoms with Gasteiger partial charge in [-0.3, -0.25) is 0 Å². The Balaban J connectivity index is 2.53. The summed E-state index contributed by atoms with van der Waals surface area (Å²) in [7, 11) is -3.23. The van der Waals surface area contributed by atoms with Crippen LogP contribution in [0, 0.1) is 13.8 Å². The van der Waals surface area contributed by atoms with Gasteiger partial charge in [-0.25, -0.2) is 8.42 Å². The van der Waals surface area contributed by atoms with E-state index in [0.29, 0.717) is 17.0 Å². The molecule has 5 heteroatoms. The Hall–Kier alpha value is -1.07. The molecule has 0 aromatic heterocycles. The van der Waals surface area contributed by atoms with E-state index in [1.807, 2.05) is 26.0 Å². The van der Waals surface area contributed by atoms with Crippen LogP contribution in [0.15, 0.2) is 17.0 Å². The number of aliphatic hydroxyl groups is 1. The van der Waals surface area contributed by atoms with Gasteiger partial charge in [0.25, 0.3) is 0 Å². The van der Waals surface area contributed by atoms with Crippen molar-refractivity contribution in [1.82, 2.24) is 0 Å². The topological polar surface area (TPSA) is 66.4 Å². The Labute approximate surface area is 102 Å². The predicted octanol–water partition coefficient (Wildman–Crippen LogP) is 1.25. The van der Waals surface area contributed by atoms with Crippen LogP contribution in [0.3, 0.4) is 0 Å². The normalized spacial score (nSPS) is 21.7. The first-order chi connectivity index (χ1) is 7.94. The third-order valence-corrected chi connectivity index (χ3v) is 4.99. The number of sulfone groups is 1. The monoisotopic (exact) mass is 255 g/mol. The van der Waals surface area contributed by atoms with Gasteiger partial charge < -0.3 is 10.4 Å². The highest BCUT2D eigenvalue weighted by molar-refractivity contribution is 7.91. The molecule has 0 spiro atoms. The van der Waals surface area contributed by atoms with E-state index in [2.05, 4.69) is 5.32 Å². The van der Waals surface area contributed by atoms with E-state index in [-0.39, 0.29) is 18.4 Å². The van der Waals surface area contributed by atoms with Crippen molar-refractivity contribution in [3.05, 3.63) is 23.3 Å². The highest BCUT2D eigenvalue weighted by Crippen LogP contribution is 2.33. The van der Waals surface area contributed by atoms with Crippen LogP contribution in [0.25, 0.3) is 0 Å². The van der Waals surface area contributed by atoms with Crippen LogP contribution in [0.4, 0.5) is 5.69 Å². The Bertz CT molecular complexity index is 537. The molecule has 1 unspecified atom stereocenters. The van der Waals surface area contributed by atoms with E-state index < -0.39 is 9.84 Å². The summed E-state index contributed by atoms with van der Waals surface area (Å²) in [6.07, 6.45) is 0.450. The molecule has 0 saturated carbocycles. The molecule has 4 nitrogen and oxygen atoms in total. The van der Waals surface area contributed by atoms with Gasteiger partial charge in [0.2, 0.25) is 0 Å². The van der Waals surface area contributed by atoms with E-state index in [0.717, 1.165) is 11.1 Å². The van der Waals surface area contributed by atoms with Gasteiger partial charge in [-0.15, -0.1) is 0 Å². The number of rotatable bonds is 2. The summed E-state index contributed by atoms with van der Waals surface area (Å²) in [6.45, 7) is 3.75. The molecule has 17 heavy (non-hydrogen) atoms. The number of nitrogens with one attached hydrogen (secondary N) is 1. The van der Waals surface area contributed by atoms with Gasteiger partial charge in [0.1, 0.15) is 0 Å². The summed E-state index contributed by atoms with van der Waals surface area (Å²) in [4.78, 5) is 0.414. The number of hydrogen-bond donors (Lipinski definition) is 2. The summed E-state index contributed by atoms with van der Waals surface area (Å²) in [5, 5.41) is 12.1. The summed E-state index contributed by atoms with van der Waals surface area (Å²) >= 11 is 0. The average Bonchev–Trinajstić information content (AvgIpc) is 2.13. The number of anilines is 1. The Morgan fingerprint density at radius 2 is 2.12 bits per heavy atom. The van der Waals surface area contributed by atoms with E-state index in [1.165, 1.54) is 0 Å². The summed E-state index contributed by atoms with van der Waals surface area (Å²) in [6, 6.07) is 3.53. The third kappa shape index (κ3) is 2.30. The van der Waals surface area contributed by atoms with Crippen molar-refractivity contribution in [3.8, 4) is 0 Å². The maximum Gasteiger partial charge on any atom is 0.182 e. The number of aryl methyl sites for hydroxylation is 2. The van der Waals surface area contributed by atoms with E-state index in [9.17, 15) is 8.42 Å². The third-order valence-electron chi connectivity index (χ3n) is 2.99. The molecule has 2 rings (SSSR count). The molecule has 94 valence electrons. The second kappa shape index (κ2) is 4.31. The number of hydrogen-bond acceptors (Lipinski definition) is 4. The number of benzene rings is 1. The van der Waals surface area contributed by atoms with Gasteiger partial charge in [0.05, 0.1) is 16.3 Å². The second-order valence-corrected chi connectivity index (χ2v) is 6.56. The lowest BCUT2D eigenvalue weighted by atomic mass is 10.1. The van der Waals surface area contributed by atoms with Crippen LogP contribution in [-0.4, -0.2) is 31.9 Å². The highest BCUT2D eigenvalue weighted by atomic mass is 32.2. The minimum absolute atomic E-state index is 0.00663. The molecule has 0 amide bonds. The number of aliphatic hydroxyl groups excluding tert-OH is 1. The zero-order valence-corrected chi connectivity index (χ0v) is 10.8. The fourth-order valence-corrected chi connectivity index (χ4v) is 4.34. The van der Waals surface area contributed by atoms with Crippen LogP contribution in [0.2, 0.25) is 0 Å². The van der Waals surface area contributed by atoms with Gasteiger partial charge in [0, 0.05) is 12.6 Å². The minimum Gasteiger partial charge on any atom is -0.396 e. The highest BCUT2D eigenvalue weighted by Gasteiger charge is 2.31. The number of fused-ring (bicyclic) bond motifs is 1. The Kier molecular flexibility index (Phi) is 3.14. The maximum atomic E-state index is 12.2. The molecule has 0 fully saturated rings. The molecule has 1 aromatic rings. The lowest BCUT2D eigenvalue weighted by Crippen LogP contribution is -2.35. The van der Waals surface area contributed by atoms with Crippen molar-refractivity contribution in [2.45, 2.75) is 31.2 Å².